The lowest BCUT2D eigenvalue weighted by Crippen LogP contribution is -2.42. The van der Waals surface area contributed by atoms with E-state index >= 15 is 0 Å². The van der Waals surface area contributed by atoms with Crippen LogP contribution in [0.2, 0.25) is 18.1 Å². The zero-order chi connectivity index (χ0) is 11.7. The third kappa shape index (κ3) is 3.57. The third-order valence-corrected chi connectivity index (χ3v) is 8.26. The lowest BCUT2D eigenvalue weighted by atomic mass is 10.2. The Morgan fingerprint density at radius 1 is 1.27 bits per heavy atom. The smallest absolute Gasteiger partial charge is 0.192 e. The zero-order valence-corrected chi connectivity index (χ0v) is 12.1. The van der Waals surface area contributed by atoms with Crippen LogP contribution in [0.1, 0.15) is 40.5 Å². The maximum atomic E-state index is 6.14. The average molecular weight is 230 g/mol. The van der Waals surface area contributed by atoms with E-state index < -0.39 is 8.32 Å². The minimum atomic E-state index is -1.57. The number of ether oxygens (including phenoxy) is 1. The van der Waals surface area contributed by atoms with Crippen LogP contribution in [0, 0.1) is 0 Å². The molecule has 1 aliphatic heterocycles. The van der Waals surface area contributed by atoms with E-state index in [0.717, 1.165) is 13.0 Å². The Morgan fingerprint density at radius 3 is 2.27 bits per heavy atom. The van der Waals surface area contributed by atoms with Gasteiger partial charge >= 0.3 is 0 Å². The quantitative estimate of drug-likeness (QED) is 0.690. The van der Waals surface area contributed by atoms with Gasteiger partial charge in [0.25, 0.3) is 0 Å². The molecule has 1 rings (SSSR count). The molecule has 0 N–H and O–H groups in total. The largest absolute Gasteiger partial charge is 0.414 e. The Hall–Kier alpha value is 0.137. The van der Waals surface area contributed by atoms with Gasteiger partial charge in [-0.25, -0.2) is 0 Å². The highest BCUT2D eigenvalue weighted by Crippen LogP contribution is 2.37. The van der Waals surface area contributed by atoms with Gasteiger partial charge in [-0.3, -0.25) is 0 Å². The molecule has 2 atom stereocenters. The van der Waals surface area contributed by atoms with E-state index in [4.69, 9.17) is 9.16 Å². The molecule has 0 aromatic rings. The van der Waals surface area contributed by atoms with Gasteiger partial charge in [-0.1, -0.05) is 20.8 Å². The highest BCUT2D eigenvalue weighted by atomic mass is 28.4. The van der Waals surface area contributed by atoms with E-state index in [2.05, 4.69) is 40.8 Å². The van der Waals surface area contributed by atoms with Gasteiger partial charge < -0.3 is 9.16 Å². The summed E-state index contributed by atoms with van der Waals surface area (Å²) < 4.78 is 11.9. The SMILES string of the molecule is CC1CC[C@@H](CO[Si](C)(C)C(C)(C)C)O1. The third-order valence-electron chi connectivity index (χ3n) is 3.76. The van der Waals surface area contributed by atoms with E-state index in [9.17, 15) is 0 Å². The van der Waals surface area contributed by atoms with Gasteiger partial charge in [0.15, 0.2) is 8.32 Å². The molecule has 0 aliphatic carbocycles. The topological polar surface area (TPSA) is 18.5 Å². The molecule has 1 heterocycles. The van der Waals surface area contributed by atoms with Crippen molar-refractivity contribution in [1.82, 2.24) is 0 Å². The molecule has 0 saturated carbocycles. The van der Waals surface area contributed by atoms with Crippen molar-refractivity contribution in [3.63, 3.8) is 0 Å². The van der Waals surface area contributed by atoms with Crippen molar-refractivity contribution in [2.24, 2.45) is 0 Å². The lowest BCUT2D eigenvalue weighted by molar-refractivity contribution is 0.0230. The first-order chi connectivity index (χ1) is 6.72. The molecule has 1 aliphatic rings. The summed E-state index contributed by atoms with van der Waals surface area (Å²) in [4.78, 5) is 0. The van der Waals surface area contributed by atoms with E-state index in [-0.39, 0.29) is 0 Å². The van der Waals surface area contributed by atoms with Crippen molar-refractivity contribution >= 4 is 8.32 Å². The summed E-state index contributed by atoms with van der Waals surface area (Å²) in [6, 6.07) is 0. The van der Waals surface area contributed by atoms with Crippen LogP contribution in [0.3, 0.4) is 0 Å². The maximum Gasteiger partial charge on any atom is 0.192 e. The Bertz CT molecular complexity index is 208. The highest BCUT2D eigenvalue weighted by molar-refractivity contribution is 6.74. The van der Waals surface area contributed by atoms with Crippen molar-refractivity contribution in [2.75, 3.05) is 6.61 Å². The molecular formula is C12H26O2Si. The number of hydrogen-bond donors (Lipinski definition) is 0. The summed E-state index contributed by atoms with van der Waals surface area (Å²) in [5, 5.41) is 0.303. The van der Waals surface area contributed by atoms with E-state index in [1.807, 2.05) is 0 Å². The highest BCUT2D eigenvalue weighted by Gasteiger charge is 2.38. The molecule has 1 fully saturated rings. The van der Waals surface area contributed by atoms with Crippen LogP contribution in [0.25, 0.3) is 0 Å². The second-order valence-electron chi connectivity index (χ2n) is 6.22. The molecule has 0 amide bonds. The standard InChI is InChI=1S/C12H26O2Si/c1-10-7-8-11(14-10)9-13-15(5,6)12(2,3)4/h10-11H,7-9H2,1-6H3/t10?,11-/m0/s1. The summed E-state index contributed by atoms with van der Waals surface area (Å²) in [5.41, 5.74) is 0. The molecule has 0 bridgehead atoms. The van der Waals surface area contributed by atoms with Crippen LogP contribution < -0.4 is 0 Å². The van der Waals surface area contributed by atoms with Crippen LogP contribution in [-0.4, -0.2) is 27.1 Å². The van der Waals surface area contributed by atoms with Crippen LogP contribution >= 0.6 is 0 Å². The second kappa shape index (κ2) is 4.56. The van der Waals surface area contributed by atoms with Gasteiger partial charge in [-0.15, -0.1) is 0 Å². The summed E-state index contributed by atoms with van der Waals surface area (Å²) >= 11 is 0. The molecule has 0 spiro atoms. The summed E-state index contributed by atoms with van der Waals surface area (Å²) in [6.45, 7) is 14.4. The van der Waals surface area contributed by atoms with Gasteiger partial charge in [0.2, 0.25) is 0 Å². The first kappa shape index (κ1) is 13.2. The van der Waals surface area contributed by atoms with Crippen molar-refractivity contribution in [3.8, 4) is 0 Å². The fourth-order valence-corrected chi connectivity index (χ4v) is 2.56. The number of hydrogen-bond acceptors (Lipinski definition) is 2. The van der Waals surface area contributed by atoms with Crippen molar-refractivity contribution in [1.29, 1.82) is 0 Å². The van der Waals surface area contributed by atoms with Crippen molar-refractivity contribution in [2.45, 2.75) is 70.9 Å². The van der Waals surface area contributed by atoms with Crippen LogP contribution in [0.4, 0.5) is 0 Å². The van der Waals surface area contributed by atoms with Crippen LogP contribution in [0.15, 0.2) is 0 Å². The maximum absolute atomic E-state index is 6.14. The molecule has 2 nitrogen and oxygen atoms in total. The average Bonchev–Trinajstić information content (AvgIpc) is 2.46. The van der Waals surface area contributed by atoms with Crippen molar-refractivity contribution < 1.29 is 9.16 Å². The molecule has 90 valence electrons. The summed E-state index contributed by atoms with van der Waals surface area (Å²) in [5.74, 6) is 0. The molecule has 0 aromatic carbocycles. The Balaban J connectivity index is 2.36. The van der Waals surface area contributed by atoms with Gasteiger partial charge in [0.1, 0.15) is 0 Å². The summed E-state index contributed by atoms with van der Waals surface area (Å²) in [6.07, 6.45) is 3.12. The van der Waals surface area contributed by atoms with E-state index in [0.29, 0.717) is 17.2 Å². The molecule has 1 unspecified atom stereocenters. The predicted octanol–water partition coefficient (Wildman–Crippen LogP) is 3.58. The predicted molar refractivity (Wildman–Crippen MR) is 66.7 cm³/mol. The van der Waals surface area contributed by atoms with Crippen molar-refractivity contribution in [3.05, 3.63) is 0 Å². The molecule has 0 aromatic heterocycles. The molecular weight excluding hydrogens is 204 g/mol. The first-order valence-corrected chi connectivity index (χ1v) is 8.92. The second-order valence-corrected chi connectivity index (χ2v) is 11.0. The number of rotatable bonds is 3. The Labute approximate surface area is 95.5 Å². The fraction of sp³-hybridized carbons (Fsp3) is 1.00. The molecule has 0 radical (unpaired) electrons. The van der Waals surface area contributed by atoms with Crippen LogP contribution in [-0.2, 0) is 9.16 Å². The molecule has 3 heteroatoms. The summed E-state index contributed by atoms with van der Waals surface area (Å²) in [7, 11) is -1.57. The van der Waals surface area contributed by atoms with Gasteiger partial charge in [-0.2, -0.15) is 0 Å². The molecule has 15 heavy (non-hydrogen) atoms. The normalized spacial score (nSPS) is 28.4. The monoisotopic (exact) mass is 230 g/mol. The molecule has 1 saturated heterocycles. The van der Waals surface area contributed by atoms with Crippen LogP contribution in [0.5, 0.6) is 0 Å². The van der Waals surface area contributed by atoms with E-state index in [1.165, 1.54) is 6.42 Å². The van der Waals surface area contributed by atoms with Gasteiger partial charge in [0, 0.05) is 0 Å². The van der Waals surface area contributed by atoms with Gasteiger partial charge in [-0.05, 0) is 37.9 Å². The lowest BCUT2D eigenvalue weighted by Gasteiger charge is -2.36. The minimum Gasteiger partial charge on any atom is -0.414 e. The Kier molecular flexibility index (Phi) is 4.01. The Morgan fingerprint density at radius 2 is 1.87 bits per heavy atom. The zero-order valence-electron chi connectivity index (χ0n) is 11.1. The van der Waals surface area contributed by atoms with Gasteiger partial charge in [0.05, 0.1) is 18.8 Å². The minimum absolute atomic E-state index is 0.303. The van der Waals surface area contributed by atoms with E-state index in [1.54, 1.807) is 0 Å². The fourth-order valence-electron chi connectivity index (χ4n) is 1.53. The first-order valence-electron chi connectivity index (χ1n) is 6.02.